The second-order valence-corrected chi connectivity index (χ2v) is 4.57. The lowest BCUT2D eigenvalue weighted by Gasteiger charge is -2.32. The zero-order chi connectivity index (χ0) is 14.5. The zero-order valence-corrected chi connectivity index (χ0v) is 11.4. The van der Waals surface area contributed by atoms with Gasteiger partial charge in [-0.15, -0.1) is 0 Å². The molecule has 6 nitrogen and oxygen atoms in total. The highest BCUT2D eigenvalue weighted by Gasteiger charge is 2.22. The van der Waals surface area contributed by atoms with Crippen molar-refractivity contribution in [1.29, 1.82) is 5.26 Å². The molecule has 1 heterocycles. The van der Waals surface area contributed by atoms with Crippen LogP contribution >= 0.6 is 0 Å². The van der Waals surface area contributed by atoms with Gasteiger partial charge in [-0.1, -0.05) is 0 Å². The fourth-order valence-electron chi connectivity index (χ4n) is 2.19. The molecule has 1 saturated heterocycles. The van der Waals surface area contributed by atoms with E-state index in [1.165, 1.54) is 0 Å². The van der Waals surface area contributed by atoms with E-state index in [1.807, 2.05) is 17.9 Å². The molecule has 0 aromatic heterocycles. The van der Waals surface area contributed by atoms with E-state index in [4.69, 9.17) is 15.7 Å². The molecule has 1 aromatic rings. The Morgan fingerprint density at radius 3 is 3.10 bits per heavy atom. The van der Waals surface area contributed by atoms with Gasteiger partial charge in [0, 0.05) is 18.7 Å². The van der Waals surface area contributed by atoms with E-state index in [0.29, 0.717) is 37.5 Å². The third-order valence-electron chi connectivity index (χ3n) is 3.18. The van der Waals surface area contributed by atoms with Gasteiger partial charge in [-0.05, 0) is 25.1 Å². The highest BCUT2D eigenvalue weighted by atomic mass is 16.5. The van der Waals surface area contributed by atoms with Gasteiger partial charge in [0.1, 0.15) is 0 Å². The minimum Gasteiger partial charge on any atom is -0.397 e. The van der Waals surface area contributed by atoms with E-state index in [9.17, 15) is 4.79 Å². The largest absolute Gasteiger partial charge is 0.397 e. The number of ether oxygens (including phenoxy) is 1. The van der Waals surface area contributed by atoms with Crippen molar-refractivity contribution >= 4 is 17.3 Å². The summed E-state index contributed by atoms with van der Waals surface area (Å²) < 4.78 is 5.30. The van der Waals surface area contributed by atoms with Crippen LogP contribution in [0.15, 0.2) is 18.2 Å². The van der Waals surface area contributed by atoms with Crippen molar-refractivity contribution in [1.82, 2.24) is 5.32 Å². The third kappa shape index (κ3) is 3.00. The number of benzene rings is 1. The number of morpholine rings is 1. The van der Waals surface area contributed by atoms with Gasteiger partial charge >= 0.3 is 0 Å². The molecule has 1 unspecified atom stereocenters. The molecule has 0 saturated carbocycles. The standard InChI is InChI=1S/C14H18N4O2/c1-2-17-14(19)10-3-4-13(12(16)7-10)18-5-6-20-11(8-15)9-18/h3-4,7,11H,2,5-6,9,16H2,1H3,(H,17,19). The summed E-state index contributed by atoms with van der Waals surface area (Å²) in [5, 5.41) is 11.6. The summed E-state index contributed by atoms with van der Waals surface area (Å²) in [6.45, 7) is 4.11. The Morgan fingerprint density at radius 2 is 2.45 bits per heavy atom. The van der Waals surface area contributed by atoms with E-state index in [-0.39, 0.29) is 5.91 Å². The van der Waals surface area contributed by atoms with Gasteiger partial charge in [0.2, 0.25) is 0 Å². The van der Waals surface area contributed by atoms with Gasteiger partial charge in [0.15, 0.2) is 6.10 Å². The molecular weight excluding hydrogens is 256 g/mol. The number of anilines is 2. The van der Waals surface area contributed by atoms with Crippen molar-refractivity contribution in [2.24, 2.45) is 0 Å². The molecule has 0 spiro atoms. The lowest BCUT2D eigenvalue weighted by molar-refractivity contribution is 0.0765. The topological polar surface area (TPSA) is 91.4 Å². The quantitative estimate of drug-likeness (QED) is 0.793. The van der Waals surface area contributed by atoms with Crippen LogP contribution in [0, 0.1) is 11.3 Å². The van der Waals surface area contributed by atoms with Crippen molar-refractivity contribution in [3.63, 3.8) is 0 Å². The number of hydrogen-bond donors (Lipinski definition) is 2. The number of nitrogen functional groups attached to an aromatic ring is 1. The summed E-state index contributed by atoms with van der Waals surface area (Å²) in [5.74, 6) is -0.136. The van der Waals surface area contributed by atoms with E-state index in [1.54, 1.807) is 12.1 Å². The maximum atomic E-state index is 11.7. The van der Waals surface area contributed by atoms with Crippen LogP contribution in [-0.4, -0.2) is 38.3 Å². The van der Waals surface area contributed by atoms with Crippen LogP contribution in [0.5, 0.6) is 0 Å². The van der Waals surface area contributed by atoms with E-state index >= 15 is 0 Å². The van der Waals surface area contributed by atoms with Crippen LogP contribution in [0.2, 0.25) is 0 Å². The number of nitrogens with two attached hydrogens (primary N) is 1. The molecule has 20 heavy (non-hydrogen) atoms. The third-order valence-corrected chi connectivity index (χ3v) is 3.18. The summed E-state index contributed by atoms with van der Waals surface area (Å²) in [6.07, 6.45) is -0.439. The highest BCUT2D eigenvalue weighted by Crippen LogP contribution is 2.26. The molecule has 1 aliphatic rings. The molecule has 1 amide bonds. The Morgan fingerprint density at radius 1 is 1.65 bits per heavy atom. The molecule has 3 N–H and O–H groups in total. The maximum Gasteiger partial charge on any atom is 0.251 e. The fourth-order valence-corrected chi connectivity index (χ4v) is 2.19. The van der Waals surface area contributed by atoms with Gasteiger partial charge in [0.25, 0.3) is 5.91 Å². The minimum atomic E-state index is -0.439. The Labute approximate surface area is 118 Å². The van der Waals surface area contributed by atoms with E-state index in [0.717, 1.165) is 5.69 Å². The second-order valence-electron chi connectivity index (χ2n) is 4.57. The van der Waals surface area contributed by atoms with Crippen LogP contribution in [-0.2, 0) is 4.74 Å². The highest BCUT2D eigenvalue weighted by molar-refractivity contribution is 5.96. The first-order valence-corrected chi connectivity index (χ1v) is 6.59. The lowest BCUT2D eigenvalue weighted by atomic mass is 10.1. The van der Waals surface area contributed by atoms with Crippen molar-refractivity contribution in [2.75, 3.05) is 36.9 Å². The van der Waals surface area contributed by atoms with Crippen molar-refractivity contribution in [2.45, 2.75) is 13.0 Å². The smallest absolute Gasteiger partial charge is 0.251 e. The van der Waals surface area contributed by atoms with Crippen LogP contribution in [0.3, 0.4) is 0 Å². The number of hydrogen-bond acceptors (Lipinski definition) is 5. The van der Waals surface area contributed by atoms with Gasteiger partial charge in [0.05, 0.1) is 30.6 Å². The first kappa shape index (κ1) is 14.2. The molecule has 6 heteroatoms. The molecule has 1 aliphatic heterocycles. The molecule has 0 aliphatic carbocycles. The number of amides is 1. The SMILES string of the molecule is CCNC(=O)c1ccc(N2CCOC(C#N)C2)c(N)c1. The molecular formula is C14H18N4O2. The lowest BCUT2D eigenvalue weighted by Crippen LogP contribution is -2.42. The zero-order valence-electron chi connectivity index (χ0n) is 11.4. The van der Waals surface area contributed by atoms with Crippen LogP contribution in [0.4, 0.5) is 11.4 Å². The fraction of sp³-hybridized carbons (Fsp3) is 0.429. The Kier molecular flexibility index (Phi) is 4.43. The van der Waals surface area contributed by atoms with Crippen molar-refractivity contribution < 1.29 is 9.53 Å². The van der Waals surface area contributed by atoms with Gasteiger partial charge in [-0.2, -0.15) is 5.26 Å². The summed E-state index contributed by atoms with van der Waals surface area (Å²) in [7, 11) is 0. The number of nitrogens with one attached hydrogen (secondary N) is 1. The monoisotopic (exact) mass is 274 g/mol. The van der Waals surface area contributed by atoms with Gasteiger partial charge < -0.3 is 20.7 Å². The average Bonchev–Trinajstić information content (AvgIpc) is 2.47. The summed E-state index contributed by atoms with van der Waals surface area (Å²) in [5.41, 5.74) is 7.94. The molecule has 0 radical (unpaired) electrons. The molecule has 2 rings (SSSR count). The first-order valence-electron chi connectivity index (χ1n) is 6.59. The second kappa shape index (κ2) is 6.26. The Hall–Kier alpha value is -2.26. The summed E-state index contributed by atoms with van der Waals surface area (Å²) in [6, 6.07) is 7.33. The van der Waals surface area contributed by atoms with Crippen LogP contribution in [0.25, 0.3) is 0 Å². The first-order chi connectivity index (χ1) is 9.65. The van der Waals surface area contributed by atoms with Crippen LogP contribution in [0.1, 0.15) is 17.3 Å². The molecule has 1 fully saturated rings. The normalized spacial score (nSPS) is 18.4. The average molecular weight is 274 g/mol. The van der Waals surface area contributed by atoms with Crippen LogP contribution < -0.4 is 16.0 Å². The number of nitriles is 1. The molecule has 0 bridgehead atoms. The molecule has 1 aromatic carbocycles. The number of carbonyl (C=O) groups is 1. The maximum absolute atomic E-state index is 11.7. The predicted octanol–water partition coefficient (Wildman–Crippen LogP) is 0.747. The van der Waals surface area contributed by atoms with Gasteiger partial charge in [-0.25, -0.2) is 0 Å². The minimum absolute atomic E-state index is 0.136. The van der Waals surface area contributed by atoms with E-state index < -0.39 is 6.10 Å². The Bertz CT molecular complexity index is 538. The Balaban J connectivity index is 2.17. The predicted molar refractivity (Wildman–Crippen MR) is 76.4 cm³/mol. The van der Waals surface area contributed by atoms with E-state index in [2.05, 4.69) is 11.4 Å². The van der Waals surface area contributed by atoms with Gasteiger partial charge in [-0.3, -0.25) is 4.79 Å². The number of rotatable bonds is 3. The van der Waals surface area contributed by atoms with Crippen molar-refractivity contribution in [3.8, 4) is 6.07 Å². The molecule has 106 valence electrons. The molecule has 1 atom stereocenters. The number of nitrogens with zero attached hydrogens (tertiary/aromatic N) is 2. The summed E-state index contributed by atoms with van der Waals surface area (Å²) in [4.78, 5) is 13.7. The van der Waals surface area contributed by atoms with Crippen molar-refractivity contribution in [3.05, 3.63) is 23.8 Å². The number of carbonyl (C=O) groups excluding carboxylic acids is 1. The summed E-state index contributed by atoms with van der Waals surface area (Å²) >= 11 is 0.